The van der Waals surface area contributed by atoms with E-state index < -0.39 is 0 Å². The highest BCUT2D eigenvalue weighted by Gasteiger charge is 2.20. The molecular formula is C13H13N3O. The van der Waals surface area contributed by atoms with Gasteiger partial charge in [0.15, 0.2) is 0 Å². The van der Waals surface area contributed by atoms with Crippen molar-refractivity contribution in [2.24, 2.45) is 0 Å². The molecule has 4 heteroatoms. The van der Waals surface area contributed by atoms with Crippen LogP contribution in [0.3, 0.4) is 0 Å². The van der Waals surface area contributed by atoms with Gasteiger partial charge in [0.05, 0.1) is 5.69 Å². The number of carbonyl (C=O) groups is 1. The number of rotatable bonds is 1. The van der Waals surface area contributed by atoms with Crippen LogP contribution in [0.25, 0.3) is 11.3 Å². The molecule has 1 aromatic carbocycles. The Morgan fingerprint density at radius 2 is 2.18 bits per heavy atom. The Bertz CT molecular complexity index is 560. The lowest BCUT2D eigenvalue weighted by Crippen LogP contribution is -2.30. The third-order valence-corrected chi connectivity index (χ3v) is 3.23. The number of anilines is 1. The Hall–Kier alpha value is -2.10. The smallest absolute Gasteiger partial charge is 0.227 e. The summed E-state index contributed by atoms with van der Waals surface area (Å²) in [6.07, 6.45) is 3.15. The SMILES string of the molecule is CN1C(=O)CCc2cc(-c3ccn[nH]3)ccc21. The number of aromatic nitrogens is 2. The van der Waals surface area contributed by atoms with E-state index in [-0.39, 0.29) is 5.91 Å². The third kappa shape index (κ3) is 1.62. The number of benzene rings is 1. The number of amides is 1. The molecule has 0 spiro atoms. The summed E-state index contributed by atoms with van der Waals surface area (Å²) in [5.74, 6) is 0.187. The Kier molecular flexibility index (Phi) is 2.21. The van der Waals surface area contributed by atoms with Crippen molar-refractivity contribution in [1.29, 1.82) is 0 Å². The molecule has 4 nitrogen and oxygen atoms in total. The van der Waals surface area contributed by atoms with Gasteiger partial charge < -0.3 is 4.90 Å². The molecule has 0 aliphatic carbocycles. The van der Waals surface area contributed by atoms with Crippen LogP contribution >= 0.6 is 0 Å². The maximum atomic E-state index is 11.6. The fraction of sp³-hybridized carbons (Fsp3) is 0.231. The van der Waals surface area contributed by atoms with Gasteiger partial charge in [0.25, 0.3) is 0 Å². The summed E-state index contributed by atoms with van der Waals surface area (Å²) in [5, 5.41) is 6.90. The molecule has 1 aliphatic rings. The number of fused-ring (bicyclic) bond motifs is 1. The first-order valence-electron chi connectivity index (χ1n) is 5.65. The van der Waals surface area contributed by atoms with E-state index in [0.717, 1.165) is 23.4 Å². The molecule has 1 amide bonds. The molecule has 3 rings (SSSR count). The Labute approximate surface area is 99.3 Å². The molecule has 0 unspecified atom stereocenters. The topological polar surface area (TPSA) is 49.0 Å². The van der Waals surface area contributed by atoms with Gasteiger partial charge in [0, 0.05) is 25.4 Å². The third-order valence-electron chi connectivity index (χ3n) is 3.23. The highest BCUT2D eigenvalue weighted by atomic mass is 16.2. The maximum Gasteiger partial charge on any atom is 0.227 e. The van der Waals surface area contributed by atoms with E-state index in [9.17, 15) is 4.79 Å². The van der Waals surface area contributed by atoms with Gasteiger partial charge in [-0.25, -0.2) is 0 Å². The number of nitrogens with one attached hydrogen (secondary N) is 1. The van der Waals surface area contributed by atoms with Gasteiger partial charge in [-0.05, 0) is 35.7 Å². The van der Waals surface area contributed by atoms with Crippen molar-refractivity contribution in [3.05, 3.63) is 36.0 Å². The molecule has 0 saturated heterocycles. The minimum absolute atomic E-state index is 0.187. The van der Waals surface area contributed by atoms with Gasteiger partial charge in [-0.2, -0.15) is 5.10 Å². The molecule has 2 heterocycles. The molecule has 1 aliphatic heterocycles. The summed E-state index contributed by atoms with van der Waals surface area (Å²) in [7, 11) is 1.83. The molecule has 0 atom stereocenters. The van der Waals surface area contributed by atoms with Crippen molar-refractivity contribution in [3.8, 4) is 11.3 Å². The largest absolute Gasteiger partial charge is 0.315 e. The van der Waals surface area contributed by atoms with E-state index in [4.69, 9.17) is 0 Å². The van der Waals surface area contributed by atoms with Gasteiger partial charge in [0.1, 0.15) is 0 Å². The van der Waals surface area contributed by atoms with Gasteiger partial charge in [-0.3, -0.25) is 9.89 Å². The molecular weight excluding hydrogens is 214 g/mol. The van der Waals surface area contributed by atoms with Crippen LogP contribution in [0.4, 0.5) is 5.69 Å². The quantitative estimate of drug-likeness (QED) is 0.809. The normalized spacial score (nSPS) is 14.9. The van der Waals surface area contributed by atoms with Crippen molar-refractivity contribution >= 4 is 11.6 Å². The molecule has 17 heavy (non-hydrogen) atoms. The molecule has 1 N–H and O–H groups in total. The average Bonchev–Trinajstić information content (AvgIpc) is 2.87. The molecule has 0 fully saturated rings. The van der Waals surface area contributed by atoms with Crippen molar-refractivity contribution < 1.29 is 4.79 Å². The molecule has 86 valence electrons. The molecule has 0 bridgehead atoms. The minimum atomic E-state index is 0.187. The predicted molar refractivity (Wildman–Crippen MR) is 65.8 cm³/mol. The van der Waals surface area contributed by atoms with Crippen LogP contribution in [0.2, 0.25) is 0 Å². The van der Waals surface area contributed by atoms with Crippen LogP contribution in [0, 0.1) is 0 Å². The van der Waals surface area contributed by atoms with E-state index in [1.54, 1.807) is 11.1 Å². The number of hydrogen-bond acceptors (Lipinski definition) is 2. The first-order valence-corrected chi connectivity index (χ1v) is 5.65. The van der Waals surface area contributed by atoms with E-state index in [2.05, 4.69) is 16.3 Å². The van der Waals surface area contributed by atoms with Crippen molar-refractivity contribution in [2.45, 2.75) is 12.8 Å². The summed E-state index contributed by atoms with van der Waals surface area (Å²) in [6, 6.07) is 8.09. The minimum Gasteiger partial charge on any atom is -0.315 e. The van der Waals surface area contributed by atoms with E-state index in [1.807, 2.05) is 25.2 Å². The zero-order valence-corrected chi connectivity index (χ0v) is 9.60. The zero-order valence-electron chi connectivity index (χ0n) is 9.60. The lowest BCUT2D eigenvalue weighted by Gasteiger charge is -2.26. The highest BCUT2D eigenvalue weighted by Crippen LogP contribution is 2.30. The predicted octanol–water partition coefficient (Wildman–Crippen LogP) is 1.99. The van der Waals surface area contributed by atoms with Crippen molar-refractivity contribution in [1.82, 2.24) is 10.2 Å². The van der Waals surface area contributed by atoms with Crippen LogP contribution in [0.5, 0.6) is 0 Å². The second-order valence-electron chi connectivity index (χ2n) is 4.27. The lowest BCUT2D eigenvalue weighted by atomic mass is 9.98. The fourth-order valence-electron chi connectivity index (χ4n) is 2.24. The Morgan fingerprint density at radius 1 is 1.29 bits per heavy atom. The van der Waals surface area contributed by atoms with Crippen LogP contribution in [-0.4, -0.2) is 23.2 Å². The number of aromatic amines is 1. The molecule has 0 saturated carbocycles. The van der Waals surface area contributed by atoms with E-state index in [1.165, 1.54) is 5.56 Å². The summed E-state index contributed by atoms with van der Waals surface area (Å²) >= 11 is 0. The van der Waals surface area contributed by atoms with E-state index in [0.29, 0.717) is 6.42 Å². The zero-order chi connectivity index (χ0) is 11.8. The Balaban J connectivity index is 2.06. The fourth-order valence-corrected chi connectivity index (χ4v) is 2.24. The van der Waals surface area contributed by atoms with Gasteiger partial charge in [0.2, 0.25) is 5.91 Å². The van der Waals surface area contributed by atoms with Crippen LogP contribution in [0.15, 0.2) is 30.5 Å². The van der Waals surface area contributed by atoms with Crippen LogP contribution in [-0.2, 0) is 11.2 Å². The van der Waals surface area contributed by atoms with Gasteiger partial charge >= 0.3 is 0 Å². The van der Waals surface area contributed by atoms with Gasteiger partial charge in [-0.1, -0.05) is 6.07 Å². The molecule has 2 aromatic rings. The summed E-state index contributed by atoms with van der Waals surface area (Å²) < 4.78 is 0. The van der Waals surface area contributed by atoms with Crippen LogP contribution in [0.1, 0.15) is 12.0 Å². The number of carbonyl (C=O) groups excluding carboxylic acids is 1. The second-order valence-corrected chi connectivity index (χ2v) is 4.27. The average molecular weight is 227 g/mol. The first-order chi connectivity index (χ1) is 8.25. The summed E-state index contributed by atoms with van der Waals surface area (Å²) in [6.45, 7) is 0. The number of H-pyrrole nitrogens is 1. The monoisotopic (exact) mass is 227 g/mol. The number of hydrogen-bond donors (Lipinski definition) is 1. The number of aryl methyl sites for hydroxylation is 1. The van der Waals surface area contributed by atoms with Crippen molar-refractivity contribution in [2.75, 3.05) is 11.9 Å². The second kappa shape index (κ2) is 3.73. The summed E-state index contributed by atoms with van der Waals surface area (Å²) in [5.41, 5.74) is 4.36. The first kappa shape index (κ1) is 10.1. The molecule has 1 aromatic heterocycles. The van der Waals surface area contributed by atoms with Crippen LogP contribution < -0.4 is 4.90 Å². The Morgan fingerprint density at radius 3 is 2.94 bits per heavy atom. The van der Waals surface area contributed by atoms with Crippen molar-refractivity contribution in [3.63, 3.8) is 0 Å². The highest BCUT2D eigenvalue weighted by molar-refractivity contribution is 5.96. The van der Waals surface area contributed by atoms with E-state index >= 15 is 0 Å². The standard InChI is InChI=1S/C13H13N3O/c1-16-12-4-2-9(11-6-7-14-15-11)8-10(12)3-5-13(16)17/h2,4,6-8H,3,5H2,1H3,(H,14,15). The van der Waals surface area contributed by atoms with Gasteiger partial charge in [-0.15, -0.1) is 0 Å². The summed E-state index contributed by atoms with van der Waals surface area (Å²) in [4.78, 5) is 13.3. The number of nitrogens with zero attached hydrogens (tertiary/aromatic N) is 2. The molecule has 0 radical (unpaired) electrons. The lowest BCUT2D eigenvalue weighted by molar-refractivity contribution is -0.118. The maximum absolute atomic E-state index is 11.6.